The fourth-order valence-corrected chi connectivity index (χ4v) is 2.19. The summed E-state index contributed by atoms with van der Waals surface area (Å²) in [6.45, 7) is 3.72. The van der Waals surface area contributed by atoms with Gasteiger partial charge in [-0.3, -0.25) is 4.79 Å². The number of alkyl carbamates (subject to hydrolysis) is 1. The largest absolute Gasteiger partial charge is 0.445 e. The smallest absolute Gasteiger partial charge is 0.408 e. The van der Waals surface area contributed by atoms with Gasteiger partial charge in [-0.2, -0.15) is 0 Å². The Hall–Kier alpha value is -2.95. The Morgan fingerprint density at radius 3 is 2.35 bits per heavy atom. The van der Waals surface area contributed by atoms with Crippen molar-refractivity contribution < 1.29 is 18.7 Å². The first-order valence-electron chi connectivity index (χ1n) is 8.40. The highest BCUT2D eigenvalue weighted by Crippen LogP contribution is 2.16. The highest BCUT2D eigenvalue weighted by molar-refractivity contribution is 5.91. The van der Waals surface area contributed by atoms with E-state index < -0.39 is 12.1 Å². The van der Waals surface area contributed by atoms with E-state index in [0.29, 0.717) is 5.56 Å². The molecule has 0 spiro atoms. The second-order valence-corrected chi connectivity index (χ2v) is 6.15. The Morgan fingerprint density at radius 2 is 1.73 bits per heavy atom. The lowest BCUT2D eigenvalue weighted by Crippen LogP contribution is -2.28. The number of rotatable bonds is 7. The monoisotopic (exact) mass is 355 g/mol. The molecule has 0 aliphatic carbocycles. The van der Waals surface area contributed by atoms with Gasteiger partial charge in [-0.15, -0.1) is 0 Å². The van der Waals surface area contributed by atoms with Crippen LogP contribution in [0.15, 0.2) is 66.7 Å². The van der Waals surface area contributed by atoms with Gasteiger partial charge < -0.3 is 10.1 Å². The number of ether oxygens (including phenoxy) is 1. The molecule has 2 rings (SSSR count). The van der Waals surface area contributed by atoms with E-state index in [0.717, 1.165) is 5.56 Å². The van der Waals surface area contributed by atoms with Gasteiger partial charge in [0.25, 0.3) is 0 Å². The van der Waals surface area contributed by atoms with Crippen molar-refractivity contribution in [2.45, 2.75) is 26.5 Å². The molecule has 1 N–H and O–H groups in total. The van der Waals surface area contributed by atoms with Crippen LogP contribution >= 0.6 is 0 Å². The van der Waals surface area contributed by atoms with Gasteiger partial charge >= 0.3 is 6.09 Å². The van der Waals surface area contributed by atoms with Crippen LogP contribution in [0.25, 0.3) is 0 Å². The normalized spacial score (nSPS) is 12.2. The minimum atomic E-state index is -0.621. The first kappa shape index (κ1) is 19.4. The molecule has 0 aliphatic heterocycles. The minimum absolute atomic E-state index is 0.0587. The molecule has 2 aromatic rings. The molecule has 0 aromatic heterocycles. The van der Waals surface area contributed by atoms with Gasteiger partial charge in [-0.1, -0.05) is 62.4 Å². The van der Waals surface area contributed by atoms with E-state index in [2.05, 4.69) is 5.32 Å². The van der Waals surface area contributed by atoms with Crippen molar-refractivity contribution in [3.05, 3.63) is 83.7 Å². The van der Waals surface area contributed by atoms with E-state index in [1.807, 2.05) is 30.3 Å². The number of carbonyl (C=O) groups is 2. The van der Waals surface area contributed by atoms with Crippen LogP contribution in [0, 0.1) is 11.7 Å². The Balaban J connectivity index is 2.06. The summed E-state index contributed by atoms with van der Waals surface area (Å²) >= 11 is 0. The standard InChI is InChI=1S/C21H22FNO3/c1-15(2)20(24)13-12-19(17-8-10-18(22)11-9-17)23-21(25)26-14-16-6-4-3-5-7-16/h3-13,15,19H,14H2,1-2H3,(H,23,25)/b13-12+. The van der Waals surface area contributed by atoms with Gasteiger partial charge in [0.1, 0.15) is 12.4 Å². The molecule has 136 valence electrons. The number of ketones is 1. The summed E-state index contributed by atoms with van der Waals surface area (Å²) in [5.74, 6) is -0.580. The quantitative estimate of drug-likeness (QED) is 0.740. The summed E-state index contributed by atoms with van der Waals surface area (Å²) in [5, 5.41) is 2.69. The SMILES string of the molecule is CC(C)C(=O)/C=C/C(NC(=O)OCc1ccccc1)c1ccc(F)cc1. The molecule has 5 heteroatoms. The average molecular weight is 355 g/mol. The Labute approximate surface area is 152 Å². The third kappa shape index (κ3) is 6.16. The number of benzene rings is 2. The lowest BCUT2D eigenvalue weighted by molar-refractivity contribution is -0.117. The maximum atomic E-state index is 13.2. The molecule has 1 unspecified atom stereocenters. The van der Waals surface area contributed by atoms with Crippen LogP contribution in [-0.2, 0) is 16.1 Å². The van der Waals surface area contributed by atoms with Gasteiger partial charge in [0.05, 0.1) is 6.04 Å². The maximum Gasteiger partial charge on any atom is 0.408 e. The number of carbonyl (C=O) groups excluding carboxylic acids is 2. The summed E-state index contributed by atoms with van der Waals surface area (Å²) < 4.78 is 18.4. The first-order chi connectivity index (χ1) is 12.5. The van der Waals surface area contributed by atoms with Gasteiger partial charge in [0, 0.05) is 5.92 Å². The molecule has 0 fully saturated rings. The van der Waals surface area contributed by atoms with Gasteiger partial charge in [-0.05, 0) is 29.3 Å². The van der Waals surface area contributed by atoms with Crippen LogP contribution in [0.3, 0.4) is 0 Å². The molecular formula is C21H22FNO3. The molecule has 0 saturated heterocycles. The van der Waals surface area contributed by atoms with Gasteiger partial charge in [-0.25, -0.2) is 9.18 Å². The summed E-state index contributed by atoms with van der Waals surface area (Å²) in [5.41, 5.74) is 1.52. The number of allylic oxidation sites excluding steroid dienone is 1. The predicted molar refractivity (Wildman–Crippen MR) is 97.9 cm³/mol. The average Bonchev–Trinajstić information content (AvgIpc) is 2.64. The Bertz CT molecular complexity index is 755. The lowest BCUT2D eigenvalue weighted by atomic mass is 10.0. The van der Waals surface area contributed by atoms with Crippen LogP contribution in [-0.4, -0.2) is 11.9 Å². The van der Waals surface area contributed by atoms with Crippen LogP contribution in [0.2, 0.25) is 0 Å². The number of amides is 1. The third-order valence-electron chi connectivity index (χ3n) is 3.74. The molecule has 2 aromatic carbocycles. The van der Waals surface area contributed by atoms with Crippen molar-refractivity contribution in [1.29, 1.82) is 0 Å². The fourth-order valence-electron chi connectivity index (χ4n) is 2.19. The second-order valence-electron chi connectivity index (χ2n) is 6.15. The molecule has 1 atom stereocenters. The van der Waals surface area contributed by atoms with Crippen molar-refractivity contribution in [2.24, 2.45) is 5.92 Å². The molecule has 26 heavy (non-hydrogen) atoms. The molecule has 0 heterocycles. The highest BCUT2D eigenvalue weighted by Gasteiger charge is 2.14. The summed E-state index contributed by atoms with van der Waals surface area (Å²) in [6.07, 6.45) is 2.39. The fraction of sp³-hybridized carbons (Fsp3) is 0.238. The molecule has 0 saturated carbocycles. The van der Waals surface area contributed by atoms with Crippen molar-refractivity contribution in [3.63, 3.8) is 0 Å². The van der Waals surface area contributed by atoms with E-state index in [4.69, 9.17) is 4.74 Å². The molecule has 0 radical (unpaired) electrons. The third-order valence-corrected chi connectivity index (χ3v) is 3.74. The number of nitrogens with one attached hydrogen (secondary N) is 1. The van der Waals surface area contributed by atoms with Crippen molar-refractivity contribution in [1.82, 2.24) is 5.32 Å². The molecular weight excluding hydrogens is 333 g/mol. The van der Waals surface area contributed by atoms with Gasteiger partial charge in [0.15, 0.2) is 5.78 Å². The van der Waals surface area contributed by atoms with Crippen molar-refractivity contribution in [2.75, 3.05) is 0 Å². The molecule has 4 nitrogen and oxygen atoms in total. The predicted octanol–water partition coefficient (Wildman–Crippen LogP) is 4.57. The summed E-state index contributed by atoms with van der Waals surface area (Å²) in [6, 6.07) is 14.4. The van der Waals surface area contributed by atoms with E-state index in [1.165, 1.54) is 18.2 Å². The highest BCUT2D eigenvalue weighted by atomic mass is 19.1. The zero-order chi connectivity index (χ0) is 18.9. The zero-order valence-corrected chi connectivity index (χ0v) is 14.8. The van der Waals surface area contributed by atoms with E-state index in [9.17, 15) is 14.0 Å². The van der Waals surface area contributed by atoms with Gasteiger partial charge in [0.2, 0.25) is 0 Å². The number of hydrogen-bond donors (Lipinski definition) is 1. The first-order valence-corrected chi connectivity index (χ1v) is 8.40. The topological polar surface area (TPSA) is 55.4 Å². The molecule has 1 amide bonds. The number of halogens is 1. The van der Waals surface area contributed by atoms with Crippen LogP contribution in [0.4, 0.5) is 9.18 Å². The Morgan fingerprint density at radius 1 is 1.08 bits per heavy atom. The van der Waals surface area contributed by atoms with E-state index in [-0.39, 0.29) is 24.1 Å². The minimum Gasteiger partial charge on any atom is -0.445 e. The van der Waals surface area contributed by atoms with Crippen molar-refractivity contribution in [3.8, 4) is 0 Å². The lowest BCUT2D eigenvalue weighted by Gasteiger charge is -2.16. The molecule has 0 bridgehead atoms. The summed E-state index contributed by atoms with van der Waals surface area (Å²) in [4.78, 5) is 24.0. The van der Waals surface area contributed by atoms with E-state index >= 15 is 0 Å². The Kier molecular flexibility index (Phi) is 7.09. The molecule has 0 aliphatic rings. The van der Waals surface area contributed by atoms with Crippen LogP contribution < -0.4 is 5.32 Å². The maximum absolute atomic E-state index is 13.2. The van der Waals surface area contributed by atoms with Crippen LogP contribution in [0.5, 0.6) is 0 Å². The zero-order valence-electron chi connectivity index (χ0n) is 14.8. The van der Waals surface area contributed by atoms with E-state index in [1.54, 1.807) is 32.1 Å². The summed E-state index contributed by atoms with van der Waals surface area (Å²) in [7, 11) is 0. The van der Waals surface area contributed by atoms with Crippen LogP contribution in [0.1, 0.15) is 31.0 Å². The number of hydrogen-bond acceptors (Lipinski definition) is 3. The van der Waals surface area contributed by atoms with Crippen molar-refractivity contribution >= 4 is 11.9 Å². The second kappa shape index (κ2) is 9.51.